The lowest BCUT2D eigenvalue weighted by atomic mass is 9.81. The van der Waals surface area contributed by atoms with E-state index in [4.69, 9.17) is 4.74 Å². The van der Waals surface area contributed by atoms with Gasteiger partial charge in [-0.3, -0.25) is 0 Å². The maximum absolute atomic E-state index is 9.30. The van der Waals surface area contributed by atoms with Crippen molar-refractivity contribution in [1.29, 1.82) is 0 Å². The molecule has 1 aliphatic carbocycles. The standard InChI is InChI=1S/C8H14O2/c9-8-7-4-2-1-3-6(7)5-10-8/h6-9H,1-5H2/t6-,7-,8-/m1/s1. The van der Waals surface area contributed by atoms with Crippen LogP contribution in [0.3, 0.4) is 0 Å². The molecule has 1 aliphatic heterocycles. The van der Waals surface area contributed by atoms with Crippen LogP contribution >= 0.6 is 0 Å². The van der Waals surface area contributed by atoms with Crippen molar-refractivity contribution in [3.05, 3.63) is 0 Å². The Kier molecular flexibility index (Phi) is 1.66. The number of aliphatic hydroxyl groups excluding tert-OH is 1. The Labute approximate surface area is 61.2 Å². The van der Waals surface area contributed by atoms with Crippen molar-refractivity contribution < 1.29 is 9.84 Å². The van der Waals surface area contributed by atoms with Gasteiger partial charge in [-0.2, -0.15) is 0 Å². The van der Waals surface area contributed by atoms with Crippen LogP contribution in [0.1, 0.15) is 25.7 Å². The van der Waals surface area contributed by atoms with E-state index in [9.17, 15) is 5.11 Å². The lowest BCUT2D eigenvalue weighted by Crippen LogP contribution is -2.22. The highest BCUT2D eigenvalue weighted by Gasteiger charge is 2.37. The highest BCUT2D eigenvalue weighted by molar-refractivity contribution is 4.81. The predicted molar refractivity (Wildman–Crippen MR) is 37.4 cm³/mol. The van der Waals surface area contributed by atoms with Crippen molar-refractivity contribution in [2.75, 3.05) is 6.61 Å². The van der Waals surface area contributed by atoms with Crippen molar-refractivity contribution in [1.82, 2.24) is 0 Å². The van der Waals surface area contributed by atoms with E-state index in [2.05, 4.69) is 0 Å². The fourth-order valence-corrected chi connectivity index (χ4v) is 2.16. The van der Waals surface area contributed by atoms with Gasteiger partial charge in [0.2, 0.25) is 0 Å². The number of aliphatic hydroxyl groups is 1. The van der Waals surface area contributed by atoms with E-state index >= 15 is 0 Å². The lowest BCUT2D eigenvalue weighted by Gasteiger charge is -2.24. The van der Waals surface area contributed by atoms with E-state index in [1.54, 1.807) is 0 Å². The van der Waals surface area contributed by atoms with Crippen LogP contribution in [0.25, 0.3) is 0 Å². The van der Waals surface area contributed by atoms with Crippen LogP contribution < -0.4 is 0 Å². The maximum Gasteiger partial charge on any atom is 0.157 e. The summed E-state index contributed by atoms with van der Waals surface area (Å²) in [6.07, 6.45) is 4.61. The molecular formula is C8H14O2. The average molecular weight is 142 g/mol. The lowest BCUT2D eigenvalue weighted by molar-refractivity contribution is -0.0844. The second-order valence-electron chi connectivity index (χ2n) is 3.43. The van der Waals surface area contributed by atoms with Crippen LogP contribution in [-0.2, 0) is 4.74 Å². The van der Waals surface area contributed by atoms with Crippen molar-refractivity contribution in [2.45, 2.75) is 32.0 Å². The minimum Gasteiger partial charge on any atom is -0.368 e. The highest BCUT2D eigenvalue weighted by Crippen LogP contribution is 2.37. The first-order chi connectivity index (χ1) is 4.88. The molecule has 0 unspecified atom stereocenters. The maximum atomic E-state index is 9.30. The van der Waals surface area contributed by atoms with E-state index in [0.717, 1.165) is 6.61 Å². The smallest absolute Gasteiger partial charge is 0.157 e. The summed E-state index contributed by atoms with van der Waals surface area (Å²) in [5.74, 6) is 1.14. The Bertz CT molecular complexity index is 122. The summed E-state index contributed by atoms with van der Waals surface area (Å²) in [6, 6.07) is 0. The van der Waals surface area contributed by atoms with Crippen LogP contribution in [0.5, 0.6) is 0 Å². The quantitative estimate of drug-likeness (QED) is 0.549. The topological polar surface area (TPSA) is 29.5 Å². The Morgan fingerprint density at radius 3 is 2.80 bits per heavy atom. The van der Waals surface area contributed by atoms with Gasteiger partial charge in [-0.05, 0) is 18.8 Å². The Morgan fingerprint density at radius 2 is 2.00 bits per heavy atom. The van der Waals surface area contributed by atoms with E-state index in [1.165, 1.54) is 25.7 Å². The summed E-state index contributed by atoms with van der Waals surface area (Å²) >= 11 is 0. The zero-order valence-corrected chi connectivity index (χ0v) is 6.12. The summed E-state index contributed by atoms with van der Waals surface area (Å²) in [5.41, 5.74) is 0. The molecular weight excluding hydrogens is 128 g/mol. The zero-order chi connectivity index (χ0) is 6.97. The predicted octanol–water partition coefficient (Wildman–Crippen LogP) is 1.14. The fraction of sp³-hybridized carbons (Fsp3) is 1.00. The molecule has 0 amide bonds. The molecule has 0 aromatic heterocycles. The first kappa shape index (κ1) is 6.62. The molecule has 2 aliphatic rings. The van der Waals surface area contributed by atoms with Gasteiger partial charge >= 0.3 is 0 Å². The molecule has 0 aromatic rings. The second kappa shape index (κ2) is 2.51. The number of hydrogen-bond acceptors (Lipinski definition) is 2. The first-order valence-electron chi connectivity index (χ1n) is 4.17. The van der Waals surface area contributed by atoms with E-state index in [1.807, 2.05) is 0 Å². The molecule has 1 saturated heterocycles. The molecule has 10 heavy (non-hydrogen) atoms. The average Bonchev–Trinajstić information content (AvgIpc) is 2.34. The highest BCUT2D eigenvalue weighted by atomic mass is 16.6. The van der Waals surface area contributed by atoms with Gasteiger partial charge in [0.1, 0.15) is 0 Å². The minimum atomic E-state index is -0.440. The van der Waals surface area contributed by atoms with Crippen molar-refractivity contribution >= 4 is 0 Å². The number of hydrogen-bond donors (Lipinski definition) is 1. The van der Waals surface area contributed by atoms with Gasteiger partial charge in [-0.1, -0.05) is 12.8 Å². The van der Waals surface area contributed by atoms with Gasteiger partial charge in [0.25, 0.3) is 0 Å². The second-order valence-corrected chi connectivity index (χ2v) is 3.43. The van der Waals surface area contributed by atoms with Crippen molar-refractivity contribution in [3.8, 4) is 0 Å². The summed E-state index contributed by atoms with van der Waals surface area (Å²) in [5, 5.41) is 9.30. The third-order valence-electron chi connectivity index (χ3n) is 2.82. The normalized spacial score (nSPS) is 47.1. The summed E-state index contributed by atoms with van der Waals surface area (Å²) in [6.45, 7) is 0.797. The molecule has 2 rings (SSSR count). The van der Waals surface area contributed by atoms with E-state index < -0.39 is 6.29 Å². The van der Waals surface area contributed by atoms with E-state index in [0.29, 0.717) is 11.8 Å². The Morgan fingerprint density at radius 1 is 1.20 bits per heavy atom. The van der Waals surface area contributed by atoms with Crippen LogP contribution in [0.2, 0.25) is 0 Å². The van der Waals surface area contributed by atoms with Crippen LogP contribution in [0, 0.1) is 11.8 Å². The number of ether oxygens (including phenoxy) is 1. The number of rotatable bonds is 0. The molecule has 0 aromatic carbocycles. The Hall–Kier alpha value is -0.0800. The summed E-state index contributed by atoms with van der Waals surface area (Å²) < 4.78 is 5.16. The molecule has 58 valence electrons. The SMILES string of the molecule is O[C@@H]1OC[C@H]2CCCC[C@H]21. The van der Waals surface area contributed by atoms with Gasteiger partial charge in [0.15, 0.2) is 6.29 Å². The van der Waals surface area contributed by atoms with Gasteiger partial charge in [-0.15, -0.1) is 0 Å². The molecule has 1 heterocycles. The molecule has 0 spiro atoms. The van der Waals surface area contributed by atoms with Crippen LogP contribution in [0.4, 0.5) is 0 Å². The molecule has 2 nitrogen and oxygen atoms in total. The monoisotopic (exact) mass is 142 g/mol. The molecule has 3 atom stereocenters. The minimum absolute atomic E-state index is 0.440. The number of fused-ring (bicyclic) bond motifs is 1. The molecule has 0 bridgehead atoms. The zero-order valence-electron chi connectivity index (χ0n) is 6.12. The van der Waals surface area contributed by atoms with Crippen LogP contribution in [-0.4, -0.2) is 18.0 Å². The van der Waals surface area contributed by atoms with Gasteiger partial charge in [0.05, 0.1) is 6.61 Å². The third kappa shape index (κ3) is 0.956. The molecule has 1 saturated carbocycles. The Balaban J connectivity index is 2.01. The summed E-state index contributed by atoms with van der Waals surface area (Å²) in [7, 11) is 0. The van der Waals surface area contributed by atoms with Gasteiger partial charge < -0.3 is 9.84 Å². The molecule has 0 radical (unpaired) electrons. The fourth-order valence-electron chi connectivity index (χ4n) is 2.16. The van der Waals surface area contributed by atoms with Crippen molar-refractivity contribution in [2.24, 2.45) is 11.8 Å². The molecule has 1 N–H and O–H groups in total. The van der Waals surface area contributed by atoms with Crippen LogP contribution in [0.15, 0.2) is 0 Å². The first-order valence-corrected chi connectivity index (χ1v) is 4.17. The summed E-state index contributed by atoms with van der Waals surface area (Å²) in [4.78, 5) is 0. The van der Waals surface area contributed by atoms with Gasteiger partial charge in [-0.25, -0.2) is 0 Å². The molecule has 2 heteroatoms. The van der Waals surface area contributed by atoms with Crippen molar-refractivity contribution in [3.63, 3.8) is 0 Å². The van der Waals surface area contributed by atoms with Gasteiger partial charge in [0, 0.05) is 5.92 Å². The third-order valence-corrected chi connectivity index (χ3v) is 2.82. The molecule has 2 fully saturated rings. The largest absolute Gasteiger partial charge is 0.368 e. The van der Waals surface area contributed by atoms with E-state index in [-0.39, 0.29) is 0 Å².